The third kappa shape index (κ3) is 3.04. The summed E-state index contributed by atoms with van der Waals surface area (Å²) in [4.78, 5) is 10.6. The summed E-state index contributed by atoms with van der Waals surface area (Å²) in [5, 5.41) is 3.77. The van der Waals surface area contributed by atoms with Gasteiger partial charge >= 0.3 is 0 Å². The highest BCUT2D eigenvalue weighted by Gasteiger charge is 2.18. The molecule has 1 unspecified atom stereocenters. The van der Waals surface area contributed by atoms with Crippen LogP contribution < -0.4 is 10.2 Å². The second-order valence-corrected chi connectivity index (χ2v) is 5.68. The van der Waals surface area contributed by atoms with Crippen LogP contribution >= 0.6 is 27.5 Å². The van der Waals surface area contributed by atoms with Crippen molar-refractivity contribution >= 4 is 39.2 Å². The summed E-state index contributed by atoms with van der Waals surface area (Å²) in [5.74, 6) is 1.59. The molecule has 0 saturated heterocycles. The van der Waals surface area contributed by atoms with Crippen LogP contribution in [0.2, 0.25) is 5.02 Å². The van der Waals surface area contributed by atoms with E-state index in [1.807, 2.05) is 32.3 Å². The Bertz CT molecular complexity index is 605. The Balaban J connectivity index is 2.33. The van der Waals surface area contributed by atoms with Crippen LogP contribution in [0.4, 0.5) is 11.6 Å². The summed E-state index contributed by atoms with van der Waals surface area (Å²) in [6, 6.07) is 8.00. The number of benzene rings is 1. The quantitative estimate of drug-likeness (QED) is 0.895. The van der Waals surface area contributed by atoms with Gasteiger partial charge in [-0.05, 0) is 40.5 Å². The molecule has 0 bridgehead atoms. The Kier molecular flexibility index (Phi) is 4.83. The standard InChI is InChI=1S/C14H16BrClN4/c1-9(10-5-4-6-11(16)7-10)20(3)14-12(15)13(17-2)18-8-19-14/h4-9H,1-3H3,(H,17,18,19). The van der Waals surface area contributed by atoms with E-state index in [1.165, 1.54) is 0 Å². The zero-order chi connectivity index (χ0) is 14.7. The average molecular weight is 356 g/mol. The molecule has 2 rings (SSSR count). The van der Waals surface area contributed by atoms with Crippen molar-refractivity contribution in [1.82, 2.24) is 9.97 Å². The van der Waals surface area contributed by atoms with Crippen LogP contribution in [0, 0.1) is 0 Å². The normalized spacial score (nSPS) is 12.1. The van der Waals surface area contributed by atoms with E-state index < -0.39 is 0 Å². The summed E-state index contributed by atoms with van der Waals surface area (Å²) < 4.78 is 0.846. The van der Waals surface area contributed by atoms with Gasteiger partial charge in [0.2, 0.25) is 0 Å². The van der Waals surface area contributed by atoms with E-state index in [4.69, 9.17) is 11.6 Å². The number of nitrogens with zero attached hydrogens (tertiary/aromatic N) is 3. The number of halogens is 2. The Morgan fingerprint density at radius 2 is 2.10 bits per heavy atom. The number of rotatable bonds is 4. The van der Waals surface area contributed by atoms with Crippen molar-refractivity contribution in [3.05, 3.63) is 45.7 Å². The van der Waals surface area contributed by atoms with Crippen molar-refractivity contribution in [2.24, 2.45) is 0 Å². The molecular weight excluding hydrogens is 340 g/mol. The molecule has 1 aromatic heterocycles. The van der Waals surface area contributed by atoms with Crippen LogP contribution in [0.25, 0.3) is 0 Å². The lowest BCUT2D eigenvalue weighted by molar-refractivity contribution is 0.725. The summed E-state index contributed by atoms with van der Waals surface area (Å²) in [7, 11) is 3.83. The molecular formula is C14H16BrClN4. The molecule has 1 aromatic carbocycles. The maximum atomic E-state index is 6.06. The van der Waals surface area contributed by atoms with Gasteiger partial charge in [-0.2, -0.15) is 0 Å². The molecule has 0 spiro atoms. The van der Waals surface area contributed by atoms with E-state index in [0.29, 0.717) is 0 Å². The maximum absolute atomic E-state index is 6.06. The molecule has 20 heavy (non-hydrogen) atoms. The third-order valence-corrected chi connectivity index (χ3v) is 4.22. The number of aromatic nitrogens is 2. The molecule has 0 aliphatic carbocycles. The molecule has 6 heteroatoms. The largest absolute Gasteiger partial charge is 0.372 e. The van der Waals surface area contributed by atoms with Gasteiger partial charge in [-0.3, -0.25) is 0 Å². The van der Waals surface area contributed by atoms with E-state index in [1.54, 1.807) is 6.33 Å². The van der Waals surface area contributed by atoms with Crippen LogP contribution in [0.3, 0.4) is 0 Å². The summed E-state index contributed by atoms with van der Waals surface area (Å²) >= 11 is 9.60. The number of hydrogen-bond acceptors (Lipinski definition) is 4. The lowest BCUT2D eigenvalue weighted by Crippen LogP contribution is -2.23. The van der Waals surface area contributed by atoms with Gasteiger partial charge in [-0.1, -0.05) is 23.7 Å². The van der Waals surface area contributed by atoms with Crippen molar-refractivity contribution in [1.29, 1.82) is 0 Å². The van der Waals surface area contributed by atoms with Gasteiger partial charge in [-0.25, -0.2) is 9.97 Å². The minimum Gasteiger partial charge on any atom is -0.372 e. The maximum Gasteiger partial charge on any atom is 0.148 e. The van der Waals surface area contributed by atoms with Crippen molar-refractivity contribution in [3.8, 4) is 0 Å². The van der Waals surface area contributed by atoms with Gasteiger partial charge in [0.1, 0.15) is 22.4 Å². The number of anilines is 2. The second-order valence-electron chi connectivity index (χ2n) is 4.45. The predicted octanol–water partition coefficient (Wildman–Crippen LogP) is 4.13. The monoisotopic (exact) mass is 354 g/mol. The van der Waals surface area contributed by atoms with E-state index in [2.05, 4.69) is 49.1 Å². The lowest BCUT2D eigenvalue weighted by atomic mass is 10.1. The van der Waals surface area contributed by atoms with E-state index in [9.17, 15) is 0 Å². The molecule has 0 fully saturated rings. The molecule has 0 aliphatic heterocycles. The highest BCUT2D eigenvalue weighted by Crippen LogP contribution is 2.33. The van der Waals surface area contributed by atoms with Crippen LogP contribution in [0.15, 0.2) is 35.1 Å². The smallest absolute Gasteiger partial charge is 0.148 e. The Morgan fingerprint density at radius 3 is 2.75 bits per heavy atom. The van der Waals surface area contributed by atoms with Gasteiger partial charge < -0.3 is 10.2 Å². The zero-order valence-corrected chi connectivity index (χ0v) is 13.9. The first-order chi connectivity index (χ1) is 9.54. The van der Waals surface area contributed by atoms with E-state index in [0.717, 1.165) is 26.7 Å². The minimum atomic E-state index is 0.143. The molecule has 2 aromatic rings. The Hall–Kier alpha value is -1.33. The van der Waals surface area contributed by atoms with Crippen LogP contribution in [0.5, 0.6) is 0 Å². The van der Waals surface area contributed by atoms with E-state index >= 15 is 0 Å². The summed E-state index contributed by atoms with van der Waals surface area (Å²) in [6.45, 7) is 2.11. The van der Waals surface area contributed by atoms with Crippen LogP contribution in [-0.4, -0.2) is 24.1 Å². The van der Waals surface area contributed by atoms with Gasteiger partial charge in [-0.15, -0.1) is 0 Å². The molecule has 0 amide bonds. The van der Waals surface area contributed by atoms with Crippen LogP contribution in [0.1, 0.15) is 18.5 Å². The second kappa shape index (κ2) is 6.41. The first-order valence-electron chi connectivity index (χ1n) is 6.21. The van der Waals surface area contributed by atoms with Gasteiger partial charge in [0, 0.05) is 19.1 Å². The molecule has 0 aliphatic rings. The molecule has 1 heterocycles. The summed E-state index contributed by atoms with van der Waals surface area (Å²) in [6.07, 6.45) is 1.55. The van der Waals surface area contributed by atoms with Gasteiger partial charge in [0.15, 0.2) is 0 Å². The third-order valence-electron chi connectivity index (χ3n) is 3.25. The molecule has 106 valence electrons. The minimum absolute atomic E-state index is 0.143. The predicted molar refractivity (Wildman–Crippen MR) is 87.5 cm³/mol. The molecule has 4 nitrogen and oxygen atoms in total. The number of nitrogens with one attached hydrogen (secondary N) is 1. The fourth-order valence-corrected chi connectivity index (χ4v) is 2.84. The summed E-state index contributed by atoms with van der Waals surface area (Å²) in [5.41, 5.74) is 1.14. The van der Waals surface area contributed by atoms with Crippen molar-refractivity contribution in [2.75, 3.05) is 24.3 Å². The lowest BCUT2D eigenvalue weighted by Gasteiger charge is -2.27. The Morgan fingerprint density at radius 1 is 1.35 bits per heavy atom. The Labute approximate surface area is 132 Å². The van der Waals surface area contributed by atoms with Crippen LogP contribution in [-0.2, 0) is 0 Å². The van der Waals surface area contributed by atoms with Crippen molar-refractivity contribution in [3.63, 3.8) is 0 Å². The zero-order valence-electron chi connectivity index (χ0n) is 11.6. The average Bonchev–Trinajstić information content (AvgIpc) is 2.46. The van der Waals surface area contributed by atoms with Gasteiger partial charge in [0.05, 0.1) is 6.04 Å². The highest BCUT2D eigenvalue weighted by molar-refractivity contribution is 9.10. The van der Waals surface area contributed by atoms with Gasteiger partial charge in [0.25, 0.3) is 0 Å². The first-order valence-corrected chi connectivity index (χ1v) is 7.38. The number of hydrogen-bond donors (Lipinski definition) is 1. The fourth-order valence-electron chi connectivity index (χ4n) is 1.95. The topological polar surface area (TPSA) is 41.1 Å². The van der Waals surface area contributed by atoms with Crippen molar-refractivity contribution in [2.45, 2.75) is 13.0 Å². The van der Waals surface area contributed by atoms with E-state index in [-0.39, 0.29) is 6.04 Å². The SMILES string of the molecule is CNc1ncnc(N(C)C(C)c2cccc(Cl)c2)c1Br. The molecule has 1 atom stereocenters. The fraction of sp³-hybridized carbons (Fsp3) is 0.286. The first kappa shape index (κ1) is 15.1. The molecule has 1 N–H and O–H groups in total. The molecule has 0 saturated carbocycles. The van der Waals surface area contributed by atoms with Crippen molar-refractivity contribution < 1.29 is 0 Å². The highest BCUT2D eigenvalue weighted by atomic mass is 79.9. The molecule has 0 radical (unpaired) electrons.